The van der Waals surface area contributed by atoms with E-state index in [0.717, 1.165) is 30.8 Å². The minimum Gasteiger partial charge on any atom is -0.349 e. The Balaban J connectivity index is 1.56. The Hall–Kier alpha value is -3.17. The minimum absolute atomic E-state index is 0.215. The zero-order valence-corrected chi connectivity index (χ0v) is 17.3. The summed E-state index contributed by atoms with van der Waals surface area (Å²) in [5, 5.41) is 20.2. The molecule has 1 unspecified atom stereocenters. The van der Waals surface area contributed by atoms with Crippen LogP contribution >= 0.6 is 11.6 Å². The van der Waals surface area contributed by atoms with Crippen molar-refractivity contribution >= 4 is 40.6 Å². The highest BCUT2D eigenvalue weighted by Crippen LogP contribution is 2.22. The minimum atomic E-state index is -0.283. The van der Waals surface area contributed by atoms with Gasteiger partial charge in [-0.25, -0.2) is 9.97 Å². The number of nitrogens with zero attached hydrogens (tertiary/aromatic N) is 3. The van der Waals surface area contributed by atoms with Crippen LogP contribution < -0.4 is 21.3 Å². The van der Waals surface area contributed by atoms with Crippen molar-refractivity contribution in [2.75, 3.05) is 23.7 Å². The van der Waals surface area contributed by atoms with Crippen molar-refractivity contribution in [3.05, 3.63) is 52.9 Å². The predicted octanol–water partition coefficient (Wildman–Crippen LogP) is 3.13. The van der Waals surface area contributed by atoms with E-state index in [1.807, 2.05) is 25.1 Å². The molecule has 1 fully saturated rings. The highest BCUT2D eigenvalue weighted by atomic mass is 35.5. The maximum atomic E-state index is 12.8. The topological polar surface area (TPSA) is 120 Å². The summed E-state index contributed by atoms with van der Waals surface area (Å²) >= 11 is 5.97. The second-order valence-electron chi connectivity index (χ2n) is 7.15. The lowest BCUT2D eigenvalue weighted by Crippen LogP contribution is -2.37. The summed E-state index contributed by atoms with van der Waals surface area (Å²) < 4.78 is 0. The average Bonchev–Trinajstić information content (AvgIpc) is 3.40. The molecule has 1 aliphatic heterocycles. The van der Waals surface area contributed by atoms with Gasteiger partial charge in [0.15, 0.2) is 23.1 Å². The molecule has 4 rings (SSSR count). The molecule has 3 aromatic rings. The van der Waals surface area contributed by atoms with Gasteiger partial charge in [-0.2, -0.15) is 5.10 Å². The second-order valence-corrected chi connectivity index (χ2v) is 7.59. The van der Waals surface area contributed by atoms with E-state index in [1.165, 1.54) is 6.20 Å². The van der Waals surface area contributed by atoms with Crippen LogP contribution in [-0.4, -0.2) is 45.2 Å². The summed E-state index contributed by atoms with van der Waals surface area (Å²) in [4.78, 5) is 21.7. The van der Waals surface area contributed by atoms with E-state index >= 15 is 0 Å². The van der Waals surface area contributed by atoms with Gasteiger partial charge in [-0.05, 0) is 50.6 Å². The first-order chi connectivity index (χ1) is 14.6. The van der Waals surface area contributed by atoms with E-state index in [1.54, 1.807) is 12.1 Å². The number of H-pyrrole nitrogens is 1. The molecule has 5 N–H and O–H groups in total. The molecular weight excluding hydrogens is 404 g/mol. The van der Waals surface area contributed by atoms with Crippen LogP contribution in [0.5, 0.6) is 0 Å². The molecule has 0 bridgehead atoms. The lowest BCUT2D eigenvalue weighted by Gasteiger charge is -2.14. The molecule has 1 aromatic carbocycles. The zero-order valence-electron chi connectivity index (χ0n) is 16.5. The van der Waals surface area contributed by atoms with E-state index < -0.39 is 0 Å². The molecule has 1 aliphatic rings. The van der Waals surface area contributed by atoms with Gasteiger partial charge in [-0.15, -0.1) is 0 Å². The summed E-state index contributed by atoms with van der Waals surface area (Å²) in [5.74, 6) is 1.14. The number of nitrogens with one attached hydrogen (secondary N) is 5. The number of carbonyl (C=O) groups excluding carboxylic acids is 1. The molecule has 0 radical (unpaired) electrons. The Morgan fingerprint density at radius 2 is 2.07 bits per heavy atom. The Morgan fingerprint density at radius 1 is 1.23 bits per heavy atom. The first-order valence-corrected chi connectivity index (χ1v) is 10.1. The van der Waals surface area contributed by atoms with Crippen LogP contribution in [0.1, 0.15) is 29.0 Å². The van der Waals surface area contributed by atoms with E-state index in [0.29, 0.717) is 35.1 Å². The molecule has 2 aromatic heterocycles. The zero-order chi connectivity index (χ0) is 20.9. The summed E-state index contributed by atoms with van der Waals surface area (Å²) in [6.07, 6.45) is 3.68. The van der Waals surface area contributed by atoms with Crippen molar-refractivity contribution in [1.29, 1.82) is 0 Å². The first-order valence-electron chi connectivity index (χ1n) is 9.77. The number of rotatable bonds is 7. The van der Waals surface area contributed by atoms with Gasteiger partial charge in [-0.1, -0.05) is 11.6 Å². The van der Waals surface area contributed by atoms with Crippen molar-refractivity contribution in [1.82, 2.24) is 30.8 Å². The third-order valence-corrected chi connectivity index (χ3v) is 4.98. The fourth-order valence-corrected chi connectivity index (χ4v) is 3.34. The number of amides is 1. The van der Waals surface area contributed by atoms with Crippen molar-refractivity contribution in [3.8, 4) is 0 Å². The molecule has 3 heterocycles. The normalized spacial score (nSPS) is 15.7. The number of benzene rings is 1. The van der Waals surface area contributed by atoms with E-state index in [2.05, 4.69) is 41.4 Å². The predicted molar refractivity (Wildman–Crippen MR) is 117 cm³/mol. The van der Waals surface area contributed by atoms with Gasteiger partial charge in [0.1, 0.15) is 0 Å². The first kappa shape index (κ1) is 20.1. The number of anilines is 4. The third kappa shape index (κ3) is 5.05. The summed E-state index contributed by atoms with van der Waals surface area (Å²) in [6, 6.07) is 9.28. The van der Waals surface area contributed by atoms with Gasteiger partial charge >= 0.3 is 0 Å². The quantitative estimate of drug-likeness (QED) is 0.393. The van der Waals surface area contributed by atoms with E-state index in [-0.39, 0.29) is 11.6 Å². The Kier molecular flexibility index (Phi) is 6.10. The number of aromatic amines is 1. The van der Waals surface area contributed by atoms with E-state index in [4.69, 9.17) is 11.6 Å². The number of aromatic nitrogens is 4. The van der Waals surface area contributed by atoms with Gasteiger partial charge in [0, 0.05) is 35.1 Å². The summed E-state index contributed by atoms with van der Waals surface area (Å²) in [5.41, 5.74) is 1.88. The molecule has 1 atom stereocenters. The largest absolute Gasteiger partial charge is 0.349 e. The molecule has 10 heteroatoms. The van der Waals surface area contributed by atoms with Gasteiger partial charge < -0.3 is 21.3 Å². The fraction of sp³-hybridized carbons (Fsp3) is 0.300. The molecule has 0 spiro atoms. The monoisotopic (exact) mass is 426 g/mol. The van der Waals surface area contributed by atoms with Gasteiger partial charge in [0.2, 0.25) is 0 Å². The third-order valence-electron chi connectivity index (χ3n) is 4.73. The maximum Gasteiger partial charge on any atom is 0.273 e. The van der Waals surface area contributed by atoms with Crippen molar-refractivity contribution < 1.29 is 4.79 Å². The van der Waals surface area contributed by atoms with Crippen LogP contribution in [0, 0.1) is 6.92 Å². The molecule has 0 aliphatic carbocycles. The molecular formula is C20H23ClN8O. The van der Waals surface area contributed by atoms with Crippen molar-refractivity contribution in [3.63, 3.8) is 0 Å². The molecule has 1 saturated heterocycles. The summed E-state index contributed by atoms with van der Waals surface area (Å²) in [6.45, 7) is 3.44. The number of halogens is 1. The number of hydrogen-bond acceptors (Lipinski definition) is 7. The Morgan fingerprint density at radius 3 is 2.77 bits per heavy atom. The smallest absolute Gasteiger partial charge is 0.273 e. The van der Waals surface area contributed by atoms with Crippen LogP contribution in [0.4, 0.5) is 23.1 Å². The lowest BCUT2D eigenvalue weighted by molar-refractivity contribution is 0.0946. The molecule has 30 heavy (non-hydrogen) atoms. The SMILES string of the molecule is Cc1cc(Nc2cnc(C(=O)NCC3CCCN3)c(Nc3ccc(Cl)cc3)n2)n[nH]1. The van der Waals surface area contributed by atoms with Crippen LogP contribution in [0.15, 0.2) is 36.5 Å². The van der Waals surface area contributed by atoms with Gasteiger partial charge in [0.25, 0.3) is 5.91 Å². The lowest BCUT2D eigenvalue weighted by atomic mass is 10.2. The molecule has 9 nitrogen and oxygen atoms in total. The highest BCUT2D eigenvalue weighted by Gasteiger charge is 2.19. The summed E-state index contributed by atoms with van der Waals surface area (Å²) in [7, 11) is 0. The molecule has 156 valence electrons. The van der Waals surface area contributed by atoms with Crippen LogP contribution in [0.2, 0.25) is 5.02 Å². The Labute approximate surface area is 179 Å². The van der Waals surface area contributed by atoms with Crippen molar-refractivity contribution in [2.24, 2.45) is 0 Å². The van der Waals surface area contributed by atoms with Gasteiger partial charge in [-0.3, -0.25) is 9.89 Å². The van der Waals surface area contributed by atoms with Gasteiger partial charge in [0.05, 0.1) is 6.20 Å². The standard InChI is InChI=1S/C20H23ClN8O/c1-12-9-16(29-28-12)26-17-11-23-18(20(30)24-10-15-3-2-8-22-15)19(27-17)25-14-6-4-13(21)5-7-14/h4-7,9,11,15,22H,2-3,8,10H2,1H3,(H,24,30)(H3,25,26,27,28,29). The molecule has 1 amide bonds. The average molecular weight is 427 g/mol. The second kappa shape index (κ2) is 9.10. The fourth-order valence-electron chi connectivity index (χ4n) is 3.22. The number of aryl methyl sites for hydroxylation is 1. The van der Waals surface area contributed by atoms with E-state index in [9.17, 15) is 4.79 Å². The number of hydrogen-bond donors (Lipinski definition) is 5. The maximum absolute atomic E-state index is 12.8. The number of carbonyl (C=O) groups is 1. The van der Waals surface area contributed by atoms with Crippen molar-refractivity contribution in [2.45, 2.75) is 25.8 Å². The Bertz CT molecular complexity index is 1010. The van der Waals surface area contributed by atoms with Crippen LogP contribution in [-0.2, 0) is 0 Å². The highest BCUT2D eigenvalue weighted by molar-refractivity contribution is 6.30. The molecule has 0 saturated carbocycles. The van der Waals surface area contributed by atoms with Crippen LogP contribution in [0.3, 0.4) is 0 Å². The van der Waals surface area contributed by atoms with Crippen LogP contribution in [0.25, 0.3) is 0 Å².